The number of rotatable bonds is 4. The lowest BCUT2D eigenvalue weighted by Crippen LogP contribution is -2.21. The Hall–Kier alpha value is -1.32. The number of halogens is 1. The molecule has 3 heteroatoms. The van der Waals surface area contributed by atoms with Gasteiger partial charge in [-0.25, -0.2) is 0 Å². The third-order valence-electron chi connectivity index (χ3n) is 3.31. The molecule has 1 unspecified atom stereocenters. The minimum absolute atomic E-state index is 0.123. The molecule has 0 aliphatic rings. The van der Waals surface area contributed by atoms with Gasteiger partial charge in [0, 0.05) is 16.7 Å². The lowest BCUT2D eigenvalue weighted by atomic mass is 10.0. The van der Waals surface area contributed by atoms with Crippen LogP contribution in [0, 0.1) is 13.8 Å². The number of aryl methyl sites for hydroxylation is 2. The van der Waals surface area contributed by atoms with Crippen molar-refractivity contribution in [2.45, 2.75) is 19.9 Å². The Kier molecular flexibility index (Phi) is 4.61. The Labute approximate surface area is 123 Å². The van der Waals surface area contributed by atoms with Gasteiger partial charge < -0.3 is 11.1 Å². The van der Waals surface area contributed by atoms with Crippen molar-refractivity contribution in [3.05, 3.63) is 63.6 Å². The number of nitrogens with two attached hydrogens (primary N) is 1. The van der Waals surface area contributed by atoms with Gasteiger partial charge in [0.25, 0.3) is 0 Å². The normalized spacial score (nSPS) is 12.2. The van der Waals surface area contributed by atoms with Crippen LogP contribution in [0.1, 0.15) is 22.7 Å². The second kappa shape index (κ2) is 6.22. The van der Waals surface area contributed by atoms with Crippen LogP contribution in [0.4, 0.5) is 5.69 Å². The summed E-state index contributed by atoms with van der Waals surface area (Å²) in [5.41, 5.74) is 10.7. The zero-order valence-electron chi connectivity index (χ0n) is 11.3. The third kappa shape index (κ3) is 3.37. The van der Waals surface area contributed by atoms with Crippen LogP contribution >= 0.6 is 15.9 Å². The zero-order chi connectivity index (χ0) is 13.8. The zero-order valence-corrected chi connectivity index (χ0v) is 12.9. The molecule has 3 N–H and O–H groups in total. The predicted molar refractivity (Wildman–Crippen MR) is 85.5 cm³/mol. The van der Waals surface area contributed by atoms with E-state index in [-0.39, 0.29) is 6.04 Å². The van der Waals surface area contributed by atoms with Gasteiger partial charge >= 0.3 is 0 Å². The van der Waals surface area contributed by atoms with Crippen molar-refractivity contribution in [3.63, 3.8) is 0 Å². The molecule has 2 rings (SSSR count). The van der Waals surface area contributed by atoms with Crippen LogP contribution in [0.5, 0.6) is 0 Å². The topological polar surface area (TPSA) is 38.0 Å². The average molecular weight is 319 g/mol. The fraction of sp³-hybridized carbons (Fsp3) is 0.250. The monoisotopic (exact) mass is 318 g/mol. The maximum Gasteiger partial charge on any atom is 0.0636 e. The third-order valence-corrected chi connectivity index (χ3v) is 4.16. The first-order chi connectivity index (χ1) is 9.11. The Morgan fingerprint density at radius 1 is 1.11 bits per heavy atom. The molecule has 0 spiro atoms. The van der Waals surface area contributed by atoms with Crippen molar-refractivity contribution in [3.8, 4) is 0 Å². The number of benzene rings is 2. The van der Waals surface area contributed by atoms with Gasteiger partial charge in [0.1, 0.15) is 0 Å². The molecule has 0 aromatic heterocycles. The smallest absolute Gasteiger partial charge is 0.0636 e. The highest BCUT2D eigenvalue weighted by molar-refractivity contribution is 9.10. The fourth-order valence-electron chi connectivity index (χ4n) is 2.03. The van der Waals surface area contributed by atoms with Gasteiger partial charge in [0.2, 0.25) is 0 Å². The van der Waals surface area contributed by atoms with Crippen molar-refractivity contribution in [2.75, 3.05) is 11.9 Å². The Morgan fingerprint density at radius 2 is 1.84 bits per heavy atom. The van der Waals surface area contributed by atoms with E-state index in [4.69, 9.17) is 5.73 Å². The summed E-state index contributed by atoms with van der Waals surface area (Å²) >= 11 is 3.57. The van der Waals surface area contributed by atoms with Gasteiger partial charge in [-0.3, -0.25) is 0 Å². The van der Waals surface area contributed by atoms with E-state index in [1.165, 1.54) is 16.7 Å². The summed E-state index contributed by atoms with van der Waals surface area (Å²) in [6.45, 7) is 4.74. The largest absolute Gasteiger partial charge is 0.377 e. The van der Waals surface area contributed by atoms with E-state index in [9.17, 15) is 0 Å². The minimum atomic E-state index is 0.123. The van der Waals surface area contributed by atoms with Crippen molar-refractivity contribution < 1.29 is 0 Å². The van der Waals surface area contributed by atoms with Crippen LogP contribution < -0.4 is 11.1 Å². The summed E-state index contributed by atoms with van der Waals surface area (Å²) in [6, 6.07) is 14.8. The van der Waals surface area contributed by atoms with E-state index in [1.54, 1.807) is 0 Å². The van der Waals surface area contributed by atoms with E-state index in [1.807, 2.05) is 12.1 Å². The molecule has 19 heavy (non-hydrogen) atoms. The van der Waals surface area contributed by atoms with E-state index in [0.29, 0.717) is 6.54 Å². The molecule has 0 amide bonds. The molecule has 0 saturated carbocycles. The Morgan fingerprint density at radius 3 is 2.47 bits per heavy atom. The highest BCUT2D eigenvalue weighted by Gasteiger charge is 2.11. The molecule has 1 atom stereocenters. The van der Waals surface area contributed by atoms with Crippen LogP contribution in [-0.2, 0) is 0 Å². The molecule has 0 bridgehead atoms. The molecule has 0 aliphatic carbocycles. The van der Waals surface area contributed by atoms with Crippen molar-refractivity contribution >= 4 is 21.6 Å². The van der Waals surface area contributed by atoms with Crippen LogP contribution in [0.15, 0.2) is 46.9 Å². The number of hydrogen-bond donors (Lipinski definition) is 2. The van der Waals surface area contributed by atoms with Gasteiger partial charge in [-0.1, -0.05) is 46.3 Å². The van der Waals surface area contributed by atoms with Crippen LogP contribution in [-0.4, -0.2) is 6.54 Å². The van der Waals surface area contributed by atoms with E-state index < -0.39 is 0 Å². The van der Waals surface area contributed by atoms with Crippen LogP contribution in [0.25, 0.3) is 0 Å². The second-order valence-corrected chi connectivity index (χ2v) is 5.61. The maximum absolute atomic E-state index is 5.91. The molecule has 0 radical (unpaired) electrons. The molecule has 0 aliphatic heterocycles. The van der Waals surface area contributed by atoms with E-state index >= 15 is 0 Å². The van der Waals surface area contributed by atoms with Crippen molar-refractivity contribution in [1.82, 2.24) is 0 Å². The van der Waals surface area contributed by atoms with Crippen molar-refractivity contribution in [1.29, 1.82) is 0 Å². The number of nitrogens with one attached hydrogen (secondary N) is 1. The molecule has 100 valence electrons. The highest BCUT2D eigenvalue weighted by atomic mass is 79.9. The average Bonchev–Trinajstić information content (AvgIpc) is 2.41. The summed E-state index contributed by atoms with van der Waals surface area (Å²) in [7, 11) is 0. The quantitative estimate of drug-likeness (QED) is 0.887. The Balaban J connectivity index is 2.25. The number of hydrogen-bond acceptors (Lipinski definition) is 2. The summed E-state index contributed by atoms with van der Waals surface area (Å²) in [6.07, 6.45) is 0. The first kappa shape index (κ1) is 14.1. The first-order valence-corrected chi connectivity index (χ1v) is 7.19. The SMILES string of the molecule is Cc1ccc(C(CN)Nc2ccccc2C)cc1Br. The summed E-state index contributed by atoms with van der Waals surface area (Å²) in [5.74, 6) is 0. The molecular formula is C16H19BrN2. The molecule has 0 saturated heterocycles. The maximum atomic E-state index is 5.91. The molecule has 2 aromatic carbocycles. The first-order valence-electron chi connectivity index (χ1n) is 6.40. The highest BCUT2D eigenvalue weighted by Crippen LogP contribution is 2.25. The van der Waals surface area contributed by atoms with E-state index in [2.05, 4.69) is 65.4 Å². The van der Waals surface area contributed by atoms with Gasteiger partial charge in [-0.2, -0.15) is 0 Å². The standard InChI is InChI=1S/C16H19BrN2/c1-11-7-8-13(9-14(11)17)16(10-18)19-15-6-4-3-5-12(15)2/h3-9,16,19H,10,18H2,1-2H3. The van der Waals surface area contributed by atoms with Gasteiger partial charge in [0.05, 0.1) is 6.04 Å². The summed E-state index contributed by atoms with van der Waals surface area (Å²) in [5, 5.41) is 3.51. The summed E-state index contributed by atoms with van der Waals surface area (Å²) < 4.78 is 1.12. The molecular weight excluding hydrogens is 300 g/mol. The number of anilines is 1. The van der Waals surface area contributed by atoms with Crippen LogP contribution in [0.2, 0.25) is 0 Å². The number of para-hydroxylation sites is 1. The lowest BCUT2D eigenvalue weighted by Gasteiger charge is -2.20. The van der Waals surface area contributed by atoms with Gasteiger partial charge in [-0.05, 0) is 42.7 Å². The van der Waals surface area contributed by atoms with Crippen LogP contribution in [0.3, 0.4) is 0 Å². The Bertz CT molecular complexity index is 566. The van der Waals surface area contributed by atoms with E-state index in [0.717, 1.165) is 10.2 Å². The van der Waals surface area contributed by atoms with Gasteiger partial charge in [0.15, 0.2) is 0 Å². The predicted octanol–water partition coefficient (Wildman–Crippen LogP) is 4.18. The van der Waals surface area contributed by atoms with Gasteiger partial charge in [-0.15, -0.1) is 0 Å². The molecule has 0 heterocycles. The molecule has 2 aromatic rings. The molecule has 2 nitrogen and oxygen atoms in total. The van der Waals surface area contributed by atoms with Crippen molar-refractivity contribution in [2.24, 2.45) is 5.73 Å². The molecule has 0 fully saturated rings. The minimum Gasteiger partial charge on any atom is -0.377 e. The lowest BCUT2D eigenvalue weighted by molar-refractivity contribution is 0.788. The summed E-state index contributed by atoms with van der Waals surface area (Å²) in [4.78, 5) is 0. The second-order valence-electron chi connectivity index (χ2n) is 4.76. The fourth-order valence-corrected chi connectivity index (χ4v) is 2.42.